The maximum absolute atomic E-state index is 5.62. The van der Waals surface area contributed by atoms with Gasteiger partial charge in [0.15, 0.2) is 0 Å². The second-order valence-electron chi connectivity index (χ2n) is 5.34. The molecule has 0 N–H and O–H groups in total. The first-order chi connectivity index (χ1) is 10.4. The van der Waals surface area contributed by atoms with Crippen LogP contribution in [-0.2, 0) is 13.1 Å². The van der Waals surface area contributed by atoms with E-state index in [0.717, 1.165) is 29.6 Å². The lowest BCUT2D eigenvalue weighted by Gasteiger charge is -2.19. The van der Waals surface area contributed by atoms with E-state index in [0.29, 0.717) is 6.04 Å². The molecule has 3 heterocycles. The largest absolute Gasteiger partial charge is 0.444 e. The highest BCUT2D eigenvalue weighted by Crippen LogP contribution is 2.31. The second kappa shape index (κ2) is 5.75. The number of rotatable bonds is 6. The molecule has 0 aromatic carbocycles. The Kier molecular flexibility index (Phi) is 3.63. The first kappa shape index (κ1) is 13.2. The highest BCUT2D eigenvalue weighted by Gasteiger charge is 2.29. The maximum atomic E-state index is 5.62. The summed E-state index contributed by atoms with van der Waals surface area (Å²) in [5.41, 5.74) is 1.03. The van der Waals surface area contributed by atoms with Gasteiger partial charge in [0, 0.05) is 24.0 Å². The number of hydrogen-bond acceptors (Lipinski definition) is 5. The van der Waals surface area contributed by atoms with Gasteiger partial charge in [0.05, 0.1) is 10.6 Å². The Balaban J connectivity index is 1.48. The van der Waals surface area contributed by atoms with Gasteiger partial charge in [-0.25, -0.2) is 4.98 Å². The topological polar surface area (TPSA) is 29.3 Å². The molecule has 5 heteroatoms. The Morgan fingerprint density at radius 3 is 2.71 bits per heavy atom. The van der Waals surface area contributed by atoms with E-state index in [9.17, 15) is 0 Å². The zero-order chi connectivity index (χ0) is 14.1. The normalized spacial score (nSPS) is 14.9. The van der Waals surface area contributed by atoms with Crippen LogP contribution in [0.4, 0.5) is 0 Å². The van der Waals surface area contributed by atoms with Crippen LogP contribution in [-0.4, -0.2) is 15.9 Å². The standard InChI is InChI=1S/C16H16N2OS2/c1-3-14(20-7-1)10-18(13-5-6-13)9-12-11-19-16(17-12)15-4-2-8-21-15/h1-4,7-8,11,13H,5-6,9-10H2. The number of thiophene rings is 2. The van der Waals surface area contributed by atoms with Crippen molar-refractivity contribution in [3.8, 4) is 10.8 Å². The molecule has 1 aliphatic carbocycles. The summed E-state index contributed by atoms with van der Waals surface area (Å²) in [7, 11) is 0. The Morgan fingerprint density at radius 1 is 1.14 bits per heavy atom. The van der Waals surface area contributed by atoms with Crippen LogP contribution in [0, 0.1) is 0 Å². The lowest BCUT2D eigenvalue weighted by atomic mass is 10.3. The lowest BCUT2D eigenvalue weighted by molar-refractivity contribution is 0.245. The zero-order valence-electron chi connectivity index (χ0n) is 11.6. The van der Waals surface area contributed by atoms with Crippen LogP contribution in [0.15, 0.2) is 45.7 Å². The van der Waals surface area contributed by atoms with Crippen LogP contribution in [0.3, 0.4) is 0 Å². The fraction of sp³-hybridized carbons (Fsp3) is 0.312. The third kappa shape index (κ3) is 3.10. The first-order valence-electron chi connectivity index (χ1n) is 7.13. The second-order valence-corrected chi connectivity index (χ2v) is 7.32. The fourth-order valence-electron chi connectivity index (χ4n) is 2.46. The van der Waals surface area contributed by atoms with E-state index in [1.165, 1.54) is 17.7 Å². The van der Waals surface area contributed by atoms with Crippen LogP contribution >= 0.6 is 22.7 Å². The van der Waals surface area contributed by atoms with Crippen molar-refractivity contribution in [2.24, 2.45) is 0 Å². The Bertz CT molecular complexity index is 684. The highest BCUT2D eigenvalue weighted by molar-refractivity contribution is 7.13. The minimum atomic E-state index is 0.717. The monoisotopic (exact) mass is 316 g/mol. The third-order valence-corrected chi connectivity index (χ3v) is 5.37. The van der Waals surface area contributed by atoms with Crippen molar-refractivity contribution in [3.63, 3.8) is 0 Å². The zero-order valence-corrected chi connectivity index (χ0v) is 13.2. The van der Waals surface area contributed by atoms with E-state index < -0.39 is 0 Å². The van der Waals surface area contributed by atoms with Crippen molar-refractivity contribution < 1.29 is 4.42 Å². The molecule has 0 saturated heterocycles. The van der Waals surface area contributed by atoms with Crippen molar-refractivity contribution in [2.75, 3.05) is 0 Å². The molecule has 21 heavy (non-hydrogen) atoms. The number of nitrogens with zero attached hydrogens (tertiary/aromatic N) is 2. The van der Waals surface area contributed by atoms with Crippen LogP contribution in [0.1, 0.15) is 23.4 Å². The van der Waals surface area contributed by atoms with E-state index >= 15 is 0 Å². The smallest absolute Gasteiger partial charge is 0.236 e. The molecule has 3 nitrogen and oxygen atoms in total. The average molecular weight is 316 g/mol. The summed E-state index contributed by atoms with van der Waals surface area (Å²) >= 11 is 3.49. The average Bonchev–Trinajstić information content (AvgIpc) is 2.93. The Labute approximate surface area is 131 Å². The molecule has 1 aliphatic rings. The Hall–Kier alpha value is -1.43. The molecule has 3 aromatic heterocycles. The first-order valence-corrected chi connectivity index (χ1v) is 8.89. The van der Waals surface area contributed by atoms with Gasteiger partial charge in [-0.1, -0.05) is 12.1 Å². The molecule has 0 amide bonds. The molecule has 0 aliphatic heterocycles. The highest BCUT2D eigenvalue weighted by atomic mass is 32.1. The molecule has 0 atom stereocenters. The van der Waals surface area contributed by atoms with Crippen LogP contribution < -0.4 is 0 Å². The predicted molar refractivity (Wildman–Crippen MR) is 86.4 cm³/mol. The number of aromatic nitrogens is 1. The molecule has 108 valence electrons. The molecule has 1 saturated carbocycles. The third-order valence-electron chi connectivity index (χ3n) is 3.65. The summed E-state index contributed by atoms with van der Waals surface area (Å²) in [4.78, 5) is 9.67. The molecule has 0 bridgehead atoms. The van der Waals surface area contributed by atoms with Crippen LogP contribution in [0.5, 0.6) is 0 Å². The van der Waals surface area contributed by atoms with E-state index in [-0.39, 0.29) is 0 Å². The van der Waals surface area contributed by atoms with Gasteiger partial charge in [-0.3, -0.25) is 4.90 Å². The maximum Gasteiger partial charge on any atom is 0.236 e. The van der Waals surface area contributed by atoms with Gasteiger partial charge in [0.1, 0.15) is 6.26 Å². The van der Waals surface area contributed by atoms with Gasteiger partial charge in [-0.2, -0.15) is 0 Å². The van der Waals surface area contributed by atoms with Crippen LogP contribution in [0.25, 0.3) is 10.8 Å². The van der Waals surface area contributed by atoms with Gasteiger partial charge in [0.25, 0.3) is 0 Å². The van der Waals surface area contributed by atoms with Crippen molar-refractivity contribution >= 4 is 22.7 Å². The van der Waals surface area contributed by atoms with E-state index in [4.69, 9.17) is 4.42 Å². The summed E-state index contributed by atoms with van der Waals surface area (Å²) in [5.74, 6) is 0.742. The molecule has 4 rings (SSSR count). The molecule has 3 aromatic rings. The summed E-state index contributed by atoms with van der Waals surface area (Å²) in [5, 5.41) is 4.19. The van der Waals surface area contributed by atoms with Crippen molar-refractivity contribution in [2.45, 2.75) is 32.0 Å². The molecule has 0 radical (unpaired) electrons. The van der Waals surface area contributed by atoms with Gasteiger partial charge in [-0.05, 0) is 35.7 Å². The van der Waals surface area contributed by atoms with Crippen molar-refractivity contribution in [1.29, 1.82) is 0 Å². The van der Waals surface area contributed by atoms with Crippen LogP contribution in [0.2, 0.25) is 0 Å². The van der Waals surface area contributed by atoms with E-state index in [2.05, 4.69) is 27.4 Å². The predicted octanol–water partition coefficient (Wildman–Crippen LogP) is 4.63. The number of hydrogen-bond donors (Lipinski definition) is 0. The lowest BCUT2D eigenvalue weighted by Crippen LogP contribution is -2.24. The molecule has 0 spiro atoms. The molecule has 1 fully saturated rings. The SMILES string of the molecule is c1csc(CN(Cc2coc(-c3cccs3)n2)C2CC2)c1. The van der Waals surface area contributed by atoms with Gasteiger partial charge >= 0.3 is 0 Å². The minimum Gasteiger partial charge on any atom is -0.444 e. The summed E-state index contributed by atoms with van der Waals surface area (Å²) in [6.07, 6.45) is 4.42. The van der Waals surface area contributed by atoms with Crippen molar-refractivity contribution in [3.05, 3.63) is 51.9 Å². The quantitative estimate of drug-likeness (QED) is 0.664. The number of oxazole rings is 1. The Morgan fingerprint density at radius 2 is 2.00 bits per heavy atom. The van der Waals surface area contributed by atoms with Gasteiger partial charge < -0.3 is 4.42 Å². The van der Waals surface area contributed by atoms with Gasteiger partial charge in [-0.15, -0.1) is 22.7 Å². The van der Waals surface area contributed by atoms with Crippen molar-refractivity contribution in [1.82, 2.24) is 9.88 Å². The minimum absolute atomic E-state index is 0.717. The van der Waals surface area contributed by atoms with E-state index in [1.807, 2.05) is 28.8 Å². The summed E-state index contributed by atoms with van der Waals surface area (Å²) in [6, 6.07) is 9.12. The van der Waals surface area contributed by atoms with Gasteiger partial charge in [0.2, 0.25) is 5.89 Å². The molecule has 0 unspecified atom stereocenters. The molecular weight excluding hydrogens is 300 g/mol. The summed E-state index contributed by atoms with van der Waals surface area (Å²) < 4.78 is 5.62. The molecular formula is C16H16N2OS2. The summed E-state index contributed by atoms with van der Waals surface area (Å²) in [6.45, 7) is 1.89. The van der Waals surface area contributed by atoms with E-state index in [1.54, 1.807) is 17.6 Å². The fourth-order valence-corrected chi connectivity index (χ4v) is 3.84.